The molecule has 0 aliphatic heterocycles. The van der Waals surface area contributed by atoms with Gasteiger partial charge >= 0.3 is 0 Å². The molecule has 10 nitrogen and oxygen atoms in total. The van der Waals surface area contributed by atoms with E-state index in [0.29, 0.717) is 34.9 Å². The second-order valence-corrected chi connectivity index (χ2v) is 28.0. The van der Waals surface area contributed by atoms with E-state index in [9.17, 15) is 0 Å². The number of hydrogen-bond donors (Lipinski definition) is 0. The van der Waals surface area contributed by atoms with E-state index in [1.54, 1.807) is 0 Å². The lowest BCUT2D eigenvalue weighted by Gasteiger charge is -2.14. The van der Waals surface area contributed by atoms with Crippen molar-refractivity contribution >= 4 is 87.5 Å². The van der Waals surface area contributed by atoms with E-state index in [1.165, 1.54) is 0 Å². The Bertz CT molecular complexity index is 7340. The smallest absolute Gasteiger partial charge is 0.166 e. The van der Waals surface area contributed by atoms with Gasteiger partial charge in [-0.25, -0.2) is 29.9 Å². The number of furan rings is 2. The Kier molecular flexibility index (Phi) is 16.0. The molecule has 0 unspecified atom stereocenters. The van der Waals surface area contributed by atoms with Crippen LogP contribution in [0.2, 0.25) is 0 Å². The van der Waals surface area contributed by atoms with Crippen LogP contribution in [-0.4, -0.2) is 39.0 Å². The van der Waals surface area contributed by atoms with Crippen LogP contribution >= 0.6 is 0 Å². The van der Waals surface area contributed by atoms with E-state index in [0.717, 1.165) is 177 Å². The molecule has 0 aliphatic rings. The Morgan fingerprint density at radius 3 is 0.911 bits per heavy atom. The molecule has 112 heavy (non-hydrogen) atoms. The molecule has 0 bridgehead atoms. The summed E-state index contributed by atoms with van der Waals surface area (Å²) in [7, 11) is 0. The van der Waals surface area contributed by atoms with E-state index < -0.39 is 0 Å². The highest BCUT2D eigenvalue weighted by Gasteiger charge is 2.25. The Hall–Kier alpha value is -15.3. The number of para-hydroxylation sites is 6. The summed E-state index contributed by atoms with van der Waals surface area (Å²) in [5.74, 6) is 3.65. The van der Waals surface area contributed by atoms with E-state index in [1.807, 2.05) is 84.9 Å². The monoisotopic (exact) mass is 1430 g/mol. The second kappa shape index (κ2) is 27.5. The molecular weight excluding hydrogens is 1370 g/mol. The fourth-order valence-electron chi connectivity index (χ4n) is 16.0. The highest BCUT2D eigenvalue weighted by atomic mass is 16.3. The largest absolute Gasteiger partial charge is 0.455 e. The third kappa shape index (κ3) is 11.5. The predicted molar refractivity (Wildman–Crippen MR) is 457 cm³/mol. The molecule has 0 saturated carbocycles. The summed E-state index contributed by atoms with van der Waals surface area (Å²) < 4.78 is 18.2. The van der Waals surface area contributed by atoms with Gasteiger partial charge in [-0.1, -0.05) is 322 Å². The van der Waals surface area contributed by atoms with Crippen molar-refractivity contribution in [2.45, 2.75) is 0 Å². The molecule has 0 saturated heterocycles. The van der Waals surface area contributed by atoms with Crippen LogP contribution in [0.5, 0.6) is 0 Å². The third-order valence-corrected chi connectivity index (χ3v) is 21.3. The van der Waals surface area contributed by atoms with Crippen molar-refractivity contribution in [1.82, 2.24) is 39.0 Å². The van der Waals surface area contributed by atoms with Crippen molar-refractivity contribution in [2.24, 2.45) is 0 Å². The SMILES string of the molecule is c1ccc(-c2ccc(-c3nc(-c4ccccc4)nc(-c4ccccc4-n4c5ccccc5c5cc6c(cc54)oc4c(-c5ccccc5)cccc46)n3)cc2)cc1.c1ccc(-c2cccc(-c3nc(-c4ccccc4)nc(-c4ccccc4-n4c5ccccc5c5cc6c(cc54)oc4c(-c5ccccc5)cccc46)n3)c2)cc1. The van der Waals surface area contributed by atoms with Crippen LogP contribution < -0.4 is 0 Å². The summed E-state index contributed by atoms with van der Waals surface area (Å²) >= 11 is 0. The molecule has 6 heterocycles. The number of hydrogen-bond acceptors (Lipinski definition) is 8. The van der Waals surface area contributed by atoms with E-state index in [4.69, 9.17) is 38.7 Å². The van der Waals surface area contributed by atoms with Gasteiger partial charge in [0.1, 0.15) is 22.3 Å². The highest BCUT2D eigenvalue weighted by Crippen LogP contribution is 2.46. The van der Waals surface area contributed by atoms with Gasteiger partial charge in [0.2, 0.25) is 0 Å². The Balaban J connectivity index is 0.000000141. The molecule has 524 valence electrons. The van der Waals surface area contributed by atoms with Crippen LogP contribution in [0.1, 0.15) is 0 Å². The molecule has 22 rings (SSSR count). The Morgan fingerprint density at radius 2 is 0.464 bits per heavy atom. The standard InChI is InChI=1S/2C51H32N4O/c1-4-16-33(17-5-1)36-22-14-23-37(30-36)50-52-49(35-20-8-3-9-21-35)53-51(54-50)41-25-11-13-29-45(41)55-44-28-12-10-24-39(44)42-31-43-40-27-15-26-38(34-18-6-2-7-19-34)48(40)56-47(43)32-46(42)55;1-4-15-33(16-5-1)34-27-29-37(30-28-34)50-52-49(36-19-8-3-9-20-36)53-51(54-50)41-22-11-13-26-45(41)55-44-25-12-10-21-39(44)42-31-43-40-24-14-23-38(35-17-6-2-7-18-35)48(40)56-47(43)32-46(42)55/h2*1-32H. The van der Waals surface area contributed by atoms with E-state index in [-0.39, 0.29) is 0 Å². The minimum atomic E-state index is 0.595. The molecule has 0 spiro atoms. The van der Waals surface area contributed by atoms with Gasteiger partial charge in [0.05, 0.1) is 33.4 Å². The summed E-state index contributed by atoms with van der Waals surface area (Å²) in [6, 6.07) is 135. The lowest BCUT2D eigenvalue weighted by atomic mass is 10.0. The number of nitrogens with zero attached hydrogens (tertiary/aromatic N) is 8. The molecule has 22 aromatic rings. The van der Waals surface area contributed by atoms with Crippen molar-refractivity contribution in [3.05, 3.63) is 388 Å². The average molecular weight is 1430 g/mol. The summed E-state index contributed by atoms with van der Waals surface area (Å²) in [5, 5.41) is 9.00. The van der Waals surface area contributed by atoms with Gasteiger partial charge in [-0.3, -0.25) is 0 Å². The average Bonchev–Trinajstić information content (AvgIpc) is 1.57. The molecule has 0 N–H and O–H groups in total. The van der Waals surface area contributed by atoms with Crippen molar-refractivity contribution < 1.29 is 8.83 Å². The molecule has 0 radical (unpaired) electrons. The lowest BCUT2D eigenvalue weighted by Crippen LogP contribution is -2.03. The van der Waals surface area contributed by atoms with E-state index in [2.05, 4.69) is 312 Å². The quantitative estimate of drug-likeness (QED) is 0.119. The van der Waals surface area contributed by atoms with Gasteiger partial charge in [-0.15, -0.1) is 0 Å². The van der Waals surface area contributed by atoms with Crippen LogP contribution in [0.3, 0.4) is 0 Å². The third-order valence-electron chi connectivity index (χ3n) is 21.3. The van der Waals surface area contributed by atoms with Gasteiger partial charge < -0.3 is 18.0 Å². The normalized spacial score (nSPS) is 11.6. The molecule has 0 fully saturated rings. The van der Waals surface area contributed by atoms with Crippen molar-refractivity contribution in [3.63, 3.8) is 0 Å². The van der Waals surface area contributed by atoms with Crippen LogP contribution in [-0.2, 0) is 0 Å². The maximum atomic E-state index is 6.77. The first-order chi connectivity index (χ1) is 55.5. The first-order valence-corrected chi connectivity index (χ1v) is 37.6. The van der Waals surface area contributed by atoms with Crippen LogP contribution in [0.15, 0.2) is 397 Å². The fourth-order valence-corrected chi connectivity index (χ4v) is 16.0. The molecule has 10 heteroatoms. The van der Waals surface area contributed by atoms with Crippen LogP contribution in [0.25, 0.3) is 212 Å². The topological polar surface area (TPSA) is 113 Å². The van der Waals surface area contributed by atoms with Crippen LogP contribution in [0.4, 0.5) is 0 Å². The second-order valence-electron chi connectivity index (χ2n) is 28.0. The first kappa shape index (κ1) is 65.1. The summed E-state index contributed by atoms with van der Waals surface area (Å²) in [5.41, 5.74) is 24.1. The fraction of sp³-hybridized carbons (Fsp3) is 0. The number of aromatic nitrogens is 8. The van der Waals surface area contributed by atoms with Gasteiger partial charge in [-0.2, -0.15) is 0 Å². The Morgan fingerprint density at radius 1 is 0.170 bits per heavy atom. The predicted octanol–water partition coefficient (Wildman–Crippen LogP) is 26.4. The molecular formula is C102H64N8O2. The van der Waals surface area contributed by atoms with Crippen LogP contribution in [0, 0.1) is 0 Å². The lowest BCUT2D eigenvalue weighted by molar-refractivity contribution is 0.670. The van der Waals surface area contributed by atoms with Gasteiger partial charge in [0.25, 0.3) is 0 Å². The summed E-state index contributed by atoms with van der Waals surface area (Å²) in [6.45, 7) is 0. The molecule has 0 atom stereocenters. The zero-order chi connectivity index (χ0) is 74.0. The zero-order valence-electron chi connectivity index (χ0n) is 60.3. The Labute approximate surface area is 643 Å². The van der Waals surface area contributed by atoms with Gasteiger partial charge in [-0.05, 0) is 88.0 Å². The number of benzene rings is 16. The molecule has 0 aliphatic carbocycles. The van der Waals surface area contributed by atoms with Gasteiger partial charge in [0.15, 0.2) is 34.9 Å². The summed E-state index contributed by atoms with van der Waals surface area (Å²) in [4.78, 5) is 30.9. The molecule has 16 aromatic carbocycles. The maximum Gasteiger partial charge on any atom is 0.166 e. The van der Waals surface area contributed by atoms with Gasteiger partial charge in [0, 0.05) is 99.7 Å². The number of rotatable bonds is 12. The molecule has 0 amide bonds. The van der Waals surface area contributed by atoms with Crippen molar-refractivity contribution in [2.75, 3.05) is 0 Å². The zero-order valence-corrected chi connectivity index (χ0v) is 60.3. The number of fused-ring (bicyclic) bond motifs is 12. The highest BCUT2D eigenvalue weighted by molar-refractivity contribution is 6.21. The van der Waals surface area contributed by atoms with Crippen molar-refractivity contribution in [1.29, 1.82) is 0 Å². The minimum Gasteiger partial charge on any atom is -0.455 e. The molecule has 6 aromatic heterocycles. The maximum absolute atomic E-state index is 6.77. The van der Waals surface area contributed by atoms with Crippen molar-refractivity contribution in [3.8, 4) is 124 Å². The minimum absolute atomic E-state index is 0.595. The van der Waals surface area contributed by atoms with E-state index >= 15 is 0 Å². The first-order valence-electron chi connectivity index (χ1n) is 37.6. The summed E-state index contributed by atoms with van der Waals surface area (Å²) in [6.07, 6.45) is 0.